The van der Waals surface area contributed by atoms with Gasteiger partial charge in [0, 0.05) is 30.5 Å². The Morgan fingerprint density at radius 1 is 1.06 bits per heavy atom. The quantitative estimate of drug-likeness (QED) is 0.294. The zero-order chi connectivity index (χ0) is 21.5. The van der Waals surface area contributed by atoms with Crippen LogP contribution >= 0.6 is 11.8 Å². The molecule has 0 radical (unpaired) electrons. The molecular formula is C23H24FN5OS. The second-order valence-corrected chi connectivity index (χ2v) is 8.17. The lowest BCUT2D eigenvalue weighted by Gasteiger charge is -2.15. The van der Waals surface area contributed by atoms with Crippen molar-refractivity contribution in [3.05, 3.63) is 77.6 Å². The molecule has 1 aromatic heterocycles. The molecule has 0 bridgehead atoms. The van der Waals surface area contributed by atoms with Gasteiger partial charge in [0.1, 0.15) is 18.2 Å². The third-order valence-electron chi connectivity index (χ3n) is 4.95. The van der Waals surface area contributed by atoms with Crippen molar-refractivity contribution in [2.24, 2.45) is 7.05 Å². The molecule has 0 atom stereocenters. The van der Waals surface area contributed by atoms with E-state index in [0.29, 0.717) is 12.1 Å². The molecule has 0 aliphatic rings. The van der Waals surface area contributed by atoms with Gasteiger partial charge in [-0.25, -0.2) is 9.07 Å². The molecule has 4 rings (SSSR count). The predicted octanol–water partition coefficient (Wildman–Crippen LogP) is 4.35. The van der Waals surface area contributed by atoms with Gasteiger partial charge in [-0.3, -0.25) is 0 Å². The molecule has 0 amide bonds. The third-order valence-corrected chi connectivity index (χ3v) is 6.05. The van der Waals surface area contributed by atoms with Crippen LogP contribution < -0.4 is 10.1 Å². The van der Waals surface area contributed by atoms with Gasteiger partial charge in [0.15, 0.2) is 0 Å². The molecule has 0 aliphatic carbocycles. The monoisotopic (exact) mass is 437 g/mol. The fourth-order valence-electron chi connectivity index (χ4n) is 3.32. The van der Waals surface area contributed by atoms with Crippen LogP contribution in [0.4, 0.5) is 4.39 Å². The summed E-state index contributed by atoms with van der Waals surface area (Å²) in [5.74, 6) is 1.44. The van der Waals surface area contributed by atoms with Crippen LogP contribution in [0.2, 0.25) is 0 Å². The molecule has 0 spiro atoms. The fourth-order valence-corrected chi connectivity index (χ4v) is 4.11. The van der Waals surface area contributed by atoms with E-state index in [1.165, 1.54) is 6.07 Å². The van der Waals surface area contributed by atoms with Crippen LogP contribution in [0.15, 0.2) is 65.8 Å². The number of ether oxygens (including phenoxy) is 1. The van der Waals surface area contributed by atoms with E-state index in [-0.39, 0.29) is 12.4 Å². The van der Waals surface area contributed by atoms with Gasteiger partial charge in [-0.15, -0.1) is 5.10 Å². The van der Waals surface area contributed by atoms with E-state index in [4.69, 9.17) is 4.74 Å². The van der Waals surface area contributed by atoms with Crippen molar-refractivity contribution in [3.63, 3.8) is 0 Å². The normalized spacial score (nSPS) is 11.2. The number of halogens is 1. The molecule has 31 heavy (non-hydrogen) atoms. The number of nitrogens with zero attached hydrogens (tertiary/aromatic N) is 4. The summed E-state index contributed by atoms with van der Waals surface area (Å²) in [6.07, 6.45) is 0.980. The van der Waals surface area contributed by atoms with Gasteiger partial charge in [0.2, 0.25) is 5.16 Å². The first kappa shape index (κ1) is 21.3. The van der Waals surface area contributed by atoms with E-state index in [1.807, 2.05) is 37.4 Å². The maximum Gasteiger partial charge on any atom is 0.209 e. The first-order valence-corrected chi connectivity index (χ1v) is 11.1. The van der Waals surface area contributed by atoms with Crippen molar-refractivity contribution >= 4 is 22.5 Å². The van der Waals surface area contributed by atoms with Crippen LogP contribution in [0, 0.1) is 5.82 Å². The first-order chi connectivity index (χ1) is 15.2. The lowest BCUT2D eigenvalue weighted by atomic mass is 10.0. The minimum absolute atomic E-state index is 0.195. The summed E-state index contributed by atoms with van der Waals surface area (Å²) in [4.78, 5) is 0. The van der Waals surface area contributed by atoms with Crippen LogP contribution in [0.1, 0.15) is 17.5 Å². The lowest BCUT2D eigenvalue weighted by molar-refractivity contribution is 0.296. The average molecular weight is 438 g/mol. The van der Waals surface area contributed by atoms with Crippen molar-refractivity contribution in [1.29, 1.82) is 0 Å². The SMILES string of the molecule is Cn1nnnc1SCCCNCc1c(OCc2ccccc2F)ccc2ccccc12. The summed E-state index contributed by atoms with van der Waals surface area (Å²) in [6, 6.07) is 19.0. The number of fused-ring (bicyclic) bond motifs is 1. The number of nitrogens with one attached hydrogen (secondary N) is 1. The van der Waals surface area contributed by atoms with Crippen LogP contribution in [0.3, 0.4) is 0 Å². The summed E-state index contributed by atoms with van der Waals surface area (Å²) >= 11 is 1.64. The smallest absolute Gasteiger partial charge is 0.209 e. The van der Waals surface area contributed by atoms with Gasteiger partial charge in [0.25, 0.3) is 0 Å². The highest BCUT2D eigenvalue weighted by Gasteiger charge is 2.10. The topological polar surface area (TPSA) is 64.9 Å². The van der Waals surface area contributed by atoms with E-state index in [2.05, 4.69) is 33.0 Å². The zero-order valence-corrected chi connectivity index (χ0v) is 18.1. The van der Waals surface area contributed by atoms with E-state index in [9.17, 15) is 4.39 Å². The Labute approximate surface area is 184 Å². The van der Waals surface area contributed by atoms with E-state index >= 15 is 0 Å². The average Bonchev–Trinajstić information content (AvgIpc) is 3.20. The van der Waals surface area contributed by atoms with Gasteiger partial charge in [0.05, 0.1) is 0 Å². The Balaban J connectivity index is 1.39. The van der Waals surface area contributed by atoms with E-state index in [0.717, 1.165) is 46.0 Å². The van der Waals surface area contributed by atoms with Gasteiger partial charge in [-0.2, -0.15) is 0 Å². The van der Waals surface area contributed by atoms with Gasteiger partial charge in [-0.1, -0.05) is 60.3 Å². The Morgan fingerprint density at radius 3 is 2.74 bits per heavy atom. The van der Waals surface area contributed by atoms with Crippen molar-refractivity contribution in [2.45, 2.75) is 24.7 Å². The van der Waals surface area contributed by atoms with Gasteiger partial charge >= 0.3 is 0 Å². The number of hydrogen-bond acceptors (Lipinski definition) is 6. The Hall–Kier alpha value is -2.97. The number of benzene rings is 3. The fraction of sp³-hybridized carbons (Fsp3) is 0.261. The van der Waals surface area contributed by atoms with E-state index < -0.39 is 0 Å². The zero-order valence-electron chi connectivity index (χ0n) is 17.3. The molecule has 6 nitrogen and oxygen atoms in total. The molecule has 4 aromatic rings. The summed E-state index contributed by atoms with van der Waals surface area (Å²) in [5, 5.41) is 18.1. The first-order valence-electron chi connectivity index (χ1n) is 10.1. The summed E-state index contributed by atoms with van der Waals surface area (Å²) in [5.41, 5.74) is 1.63. The van der Waals surface area contributed by atoms with Gasteiger partial charge in [-0.05, 0) is 46.3 Å². The highest BCUT2D eigenvalue weighted by Crippen LogP contribution is 2.29. The molecule has 1 N–H and O–H groups in total. The maximum absolute atomic E-state index is 14.0. The second kappa shape index (κ2) is 10.4. The number of aryl methyl sites for hydroxylation is 1. The molecule has 0 fully saturated rings. The number of hydrogen-bond donors (Lipinski definition) is 1. The van der Waals surface area contributed by atoms with Crippen LogP contribution in [0.5, 0.6) is 5.75 Å². The molecule has 0 aliphatic heterocycles. The van der Waals surface area contributed by atoms with Crippen molar-refractivity contribution < 1.29 is 9.13 Å². The Kier molecular flexibility index (Phi) is 7.11. The van der Waals surface area contributed by atoms with E-state index in [1.54, 1.807) is 28.6 Å². The van der Waals surface area contributed by atoms with Crippen molar-refractivity contribution in [1.82, 2.24) is 25.5 Å². The molecule has 0 saturated heterocycles. The Bertz CT molecular complexity index is 1150. The van der Waals surface area contributed by atoms with Gasteiger partial charge < -0.3 is 10.1 Å². The minimum atomic E-state index is -0.251. The maximum atomic E-state index is 14.0. The van der Waals surface area contributed by atoms with Crippen molar-refractivity contribution in [2.75, 3.05) is 12.3 Å². The molecule has 0 saturated carbocycles. The van der Waals surface area contributed by atoms with Crippen LogP contribution in [0.25, 0.3) is 10.8 Å². The highest BCUT2D eigenvalue weighted by atomic mass is 32.2. The third kappa shape index (κ3) is 5.39. The molecule has 8 heteroatoms. The molecular weight excluding hydrogens is 413 g/mol. The number of thioether (sulfide) groups is 1. The van der Waals surface area contributed by atoms with Crippen molar-refractivity contribution in [3.8, 4) is 5.75 Å². The summed E-state index contributed by atoms with van der Waals surface area (Å²) in [7, 11) is 1.84. The molecule has 160 valence electrons. The molecule has 3 aromatic carbocycles. The summed E-state index contributed by atoms with van der Waals surface area (Å²) in [6.45, 7) is 1.72. The lowest BCUT2D eigenvalue weighted by Crippen LogP contribution is -2.16. The summed E-state index contributed by atoms with van der Waals surface area (Å²) < 4.78 is 21.7. The number of rotatable bonds is 10. The largest absolute Gasteiger partial charge is 0.488 e. The number of tetrazole rings is 1. The van der Waals surface area contributed by atoms with Crippen LogP contribution in [-0.2, 0) is 20.2 Å². The predicted molar refractivity (Wildman–Crippen MR) is 121 cm³/mol. The number of aromatic nitrogens is 4. The molecule has 0 unspecified atom stereocenters. The standard InChI is InChI=1S/C23H24FN5OS/c1-29-23(26-27-28-29)31-14-6-13-25-15-20-19-9-4-2-7-17(19)11-12-22(20)30-16-18-8-3-5-10-21(18)24/h2-5,7-12,25H,6,13-16H2,1H3. The van der Waals surface area contributed by atoms with Crippen LogP contribution in [-0.4, -0.2) is 32.5 Å². The highest BCUT2D eigenvalue weighted by molar-refractivity contribution is 7.99. The Morgan fingerprint density at radius 2 is 1.90 bits per heavy atom. The molecule has 1 heterocycles. The minimum Gasteiger partial charge on any atom is -0.488 e. The second-order valence-electron chi connectivity index (χ2n) is 7.11.